The van der Waals surface area contributed by atoms with E-state index in [4.69, 9.17) is 0 Å². The number of halogens is 2. The first-order valence-electron chi connectivity index (χ1n) is 14.4. The highest BCUT2D eigenvalue weighted by Crippen LogP contribution is 2.51. The van der Waals surface area contributed by atoms with Gasteiger partial charge in [0.25, 0.3) is 0 Å². The number of nitriles is 1. The number of benzene rings is 2. The van der Waals surface area contributed by atoms with E-state index in [1.807, 2.05) is 32.0 Å². The summed E-state index contributed by atoms with van der Waals surface area (Å²) in [6, 6.07) is 11.8. The number of amides is 1. The van der Waals surface area contributed by atoms with Gasteiger partial charge in [-0.2, -0.15) is 5.26 Å². The van der Waals surface area contributed by atoms with Crippen molar-refractivity contribution in [2.75, 3.05) is 0 Å². The Morgan fingerprint density at radius 2 is 1.92 bits per heavy atom. The van der Waals surface area contributed by atoms with Crippen LogP contribution in [0.5, 0.6) is 0 Å². The lowest BCUT2D eigenvalue weighted by Crippen LogP contribution is -2.34. The maximum Gasteiger partial charge on any atom is 0.235 e. The normalized spacial score (nSPS) is 17.7. The van der Waals surface area contributed by atoms with Gasteiger partial charge in [-0.05, 0) is 99.5 Å². The fourth-order valence-electron chi connectivity index (χ4n) is 5.74. The molecule has 0 spiro atoms. The SMILES string of the molecule is C=C(CC)C1=C(c2cc(Cc3ccccc3C#N)c(Br)c(F)c2CCC)C(CC)(CCCC(C)CC)C(=O)N1. The number of hydrogen-bond donors (Lipinski definition) is 1. The molecule has 1 heterocycles. The van der Waals surface area contributed by atoms with E-state index in [0.717, 1.165) is 59.2 Å². The standard InChI is InChI=1S/C34H42BrFN2O/c1-7-14-27-28(20-26(30(35)31(27)36)19-24-16-11-12-17-25(24)21-37)29-32(23(6)9-3)38-33(39)34(29,10-4)18-13-15-22(5)8-2/h11-12,16-17,20,22H,6-10,13-15,18-19H2,1-5H3,(H,38,39). The lowest BCUT2D eigenvalue weighted by Gasteiger charge is -2.31. The molecule has 1 aliphatic rings. The summed E-state index contributed by atoms with van der Waals surface area (Å²) in [4.78, 5) is 13.8. The van der Waals surface area contributed by atoms with Crippen molar-refractivity contribution in [3.8, 4) is 6.07 Å². The first-order valence-corrected chi connectivity index (χ1v) is 15.2. The fraction of sp³-hybridized carbons (Fsp3) is 0.471. The Labute approximate surface area is 242 Å². The second-order valence-electron chi connectivity index (χ2n) is 10.9. The van der Waals surface area contributed by atoms with Crippen LogP contribution in [0.25, 0.3) is 5.57 Å². The van der Waals surface area contributed by atoms with Crippen LogP contribution in [0.3, 0.4) is 0 Å². The molecule has 1 aliphatic heterocycles. The van der Waals surface area contributed by atoms with E-state index in [0.29, 0.717) is 53.6 Å². The Morgan fingerprint density at radius 3 is 2.54 bits per heavy atom. The Bertz CT molecular complexity index is 1310. The Kier molecular flexibility index (Phi) is 10.7. The van der Waals surface area contributed by atoms with E-state index in [9.17, 15) is 10.1 Å². The largest absolute Gasteiger partial charge is 0.325 e. The quantitative estimate of drug-likeness (QED) is 0.252. The highest BCUT2D eigenvalue weighted by atomic mass is 79.9. The van der Waals surface area contributed by atoms with Crippen molar-refractivity contribution in [2.24, 2.45) is 11.3 Å². The minimum Gasteiger partial charge on any atom is -0.325 e. The first-order chi connectivity index (χ1) is 18.7. The number of carbonyl (C=O) groups is 1. The van der Waals surface area contributed by atoms with Gasteiger partial charge in [-0.1, -0.05) is 85.1 Å². The third-order valence-electron chi connectivity index (χ3n) is 8.45. The zero-order valence-electron chi connectivity index (χ0n) is 24.1. The summed E-state index contributed by atoms with van der Waals surface area (Å²) < 4.78 is 16.7. The van der Waals surface area contributed by atoms with Gasteiger partial charge in [-0.25, -0.2) is 4.39 Å². The van der Waals surface area contributed by atoms with Crippen LogP contribution in [-0.4, -0.2) is 5.91 Å². The lowest BCUT2D eigenvalue weighted by molar-refractivity contribution is -0.126. The molecule has 39 heavy (non-hydrogen) atoms. The predicted octanol–water partition coefficient (Wildman–Crippen LogP) is 9.42. The maximum atomic E-state index is 16.3. The third kappa shape index (κ3) is 6.22. The second-order valence-corrected chi connectivity index (χ2v) is 11.7. The molecule has 0 aliphatic carbocycles. The molecule has 3 rings (SSSR count). The van der Waals surface area contributed by atoms with E-state index < -0.39 is 5.41 Å². The predicted molar refractivity (Wildman–Crippen MR) is 163 cm³/mol. The van der Waals surface area contributed by atoms with Crippen LogP contribution in [0.15, 0.2) is 52.7 Å². The van der Waals surface area contributed by atoms with Gasteiger partial charge in [0.2, 0.25) is 5.91 Å². The van der Waals surface area contributed by atoms with Gasteiger partial charge in [0.15, 0.2) is 0 Å². The minimum atomic E-state index is -0.745. The smallest absolute Gasteiger partial charge is 0.235 e. The Morgan fingerprint density at radius 1 is 1.21 bits per heavy atom. The first kappa shape index (κ1) is 30.8. The molecule has 2 aromatic rings. The molecule has 0 saturated carbocycles. The summed E-state index contributed by atoms with van der Waals surface area (Å²) in [5.74, 6) is 0.307. The summed E-state index contributed by atoms with van der Waals surface area (Å²) in [7, 11) is 0. The summed E-state index contributed by atoms with van der Waals surface area (Å²) in [5.41, 5.74) is 5.40. The van der Waals surface area contributed by atoms with Crippen LogP contribution in [0, 0.1) is 28.5 Å². The summed E-state index contributed by atoms with van der Waals surface area (Å²) >= 11 is 3.55. The molecule has 1 N–H and O–H groups in total. The number of carbonyl (C=O) groups excluding carboxylic acids is 1. The number of nitrogens with zero attached hydrogens (tertiary/aromatic N) is 1. The summed E-state index contributed by atoms with van der Waals surface area (Å²) in [5, 5.41) is 12.9. The molecule has 5 heteroatoms. The van der Waals surface area contributed by atoms with E-state index in [1.165, 1.54) is 0 Å². The fourth-order valence-corrected chi connectivity index (χ4v) is 6.24. The van der Waals surface area contributed by atoms with Gasteiger partial charge in [0.05, 0.1) is 21.5 Å². The summed E-state index contributed by atoms with van der Waals surface area (Å²) in [6.45, 7) is 14.9. The van der Waals surface area contributed by atoms with Crippen LogP contribution >= 0.6 is 15.9 Å². The van der Waals surface area contributed by atoms with Crippen molar-refractivity contribution in [2.45, 2.75) is 92.4 Å². The molecule has 2 unspecified atom stereocenters. The molecule has 0 fully saturated rings. The highest BCUT2D eigenvalue weighted by Gasteiger charge is 2.48. The monoisotopic (exact) mass is 592 g/mol. The van der Waals surface area contributed by atoms with Crippen molar-refractivity contribution in [1.29, 1.82) is 5.26 Å². The molecule has 0 saturated heterocycles. The van der Waals surface area contributed by atoms with Crippen molar-refractivity contribution in [1.82, 2.24) is 5.32 Å². The second kappa shape index (κ2) is 13.6. The van der Waals surface area contributed by atoms with Gasteiger partial charge >= 0.3 is 0 Å². The molecular weight excluding hydrogens is 551 g/mol. The van der Waals surface area contributed by atoms with Crippen LogP contribution in [0.4, 0.5) is 4.39 Å². The van der Waals surface area contributed by atoms with Crippen molar-refractivity contribution in [3.05, 3.63) is 86.3 Å². The minimum absolute atomic E-state index is 0.00379. The van der Waals surface area contributed by atoms with E-state index in [-0.39, 0.29) is 11.7 Å². The third-order valence-corrected chi connectivity index (χ3v) is 9.31. The van der Waals surface area contributed by atoms with Crippen LogP contribution in [0.2, 0.25) is 0 Å². The number of rotatable bonds is 13. The topological polar surface area (TPSA) is 52.9 Å². The highest BCUT2D eigenvalue weighted by molar-refractivity contribution is 9.10. The van der Waals surface area contributed by atoms with Gasteiger partial charge in [0.1, 0.15) is 5.82 Å². The van der Waals surface area contributed by atoms with Crippen LogP contribution < -0.4 is 5.32 Å². The van der Waals surface area contributed by atoms with Crippen molar-refractivity contribution < 1.29 is 9.18 Å². The molecular formula is C34H42BrFN2O. The maximum absolute atomic E-state index is 16.3. The van der Waals surface area contributed by atoms with Crippen molar-refractivity contribution >= 4 is 27.4 Å². The van der Waals surface area contributed by atoms with E-state index in [2.05, 4.69) is 60.7 Å². The number of nitrogens with one attached hydrogen (secondary N) is 1. The molecule has 0 bridgehead atoms. The van der Waals surface area contributed by atoms with Gasteiger partial charge < -0.3 is 5.32 Å². The van der Waals surface area contributed by atoms with Crippen LogP contribution in [-0.2, 0) is 17.6 Å². The molecule has 3 nitrogen and oxygen atoms in total. The molecule has 1 amide bonds. The van der Waals surface area contributed by atoms with Crippen molar-refractivity contribution in [3.63, 3.8) is 0 Å². The van der Waals surface area contributed by atoms with Gasteiger partial charge in [0, 0.05) is 5.70 Å². The lowest BCUT2D eigenvalue weighted by atomic mass is 9.70. The van der Waals surface area contributed by atoms with Gasteiger partial charge in [-0.3, -0.25) is 4.79 Å². The van der Waals surface area contributed by atoms with Crippen LogP contribution in [0.1, 0.15) is 107 Å². The number of hydrogen-bond acceptors (Lipinski definition) is 2. The molecule has 0 radical (unpaired) electrons. The zero-order chi connectivity index (χ0) is 28.7. The molecule has 208 valence electrons. The summed E-state index contributed by atoms with van der Waals surface area (Å²) in [6.07, 6.45) is 6.87. The van der Waals surface area contributed by atoms with Gasteiger partial charge in [-0.15, -0.1) is 0 Å². The zero-order valence-corrected chi connectivity index (χ0v) is 25.7. The average molecular weight is 594 g/mol. The van der Waals surface area contributed by atoms with E-state index in [1.54, 1.807) is 6.07 Å². The Balaban J connectivity index is 2.29. The van der Waals surface area contributed by atoms with E-state index >= 15 is 4.39 Å². The number of allylic oxidation sites excluding steroid dienone is 1. The molecule has 0 aromatic heterocycles. The Hall–Kier alpha value is -2.71. The molecule has 2 aromatic carbocycles. The average Bonchev–Trinajstić information content (AvgIpc) is 3.24. The molecule has 2 atom stereocenters.